The molecule has 1 aliphatic rings. The molecule has 2 amide bonds. The molecular formula is C32H38ClN3O6S. The second kappa shape index (κ2) is 14.6. The number of rotatable bonds is 12. The van der Waals surface area contributed by atoms with Crippen molar-refractivity contribution >= 4 is 39.1 Å². The Morgan fingerprint density at radius 2 is 1.58 bits per heavy atom. The van der Waals surface area contributed by atoms with Gasteiger partial charge in [-0.3, -0.25) is 13.9 Å². The SMILES string of the molecule is COc1ccc(S(=O)(=O)N(CC(=O)N(Cc2ccc(Cl)cc2)[C@@H](C)C(=O)NC2CCCCC2)c2ccccc2)cc1OC. The third-order valence-electron chi connectivity index (χ3n) is 7.65. The van der Waals surface area contributed by atoms with Crippen molar-refractivity contribution in [3.05, 3.63) is 83.4 Å². The van der Waals surface area contributed by atoms with E-state index in [-0.39, 0.29) is 29.1 Å². The van der Waals surface area contributed by atoms with Gasteiger partial charge in [0, 0.05) is 23.7 Å². The monoisotopic (exact) mass is 627 g/mol. The van der Waals surface area contributed by atoms with Crippen LogP contribution >= 0.6 is 11.6 Å². The van der Waals surface area contributed by atoms with Crippen LogP contribution in [0.1, 0.15) is 44.6 Å². The Morgan fingerprint density at radius 3 is 2.21 bits per heavy atom. The first-order valence-corrected chi connectivity index (χ1v) is 16.1. The number of carbonyl (C=O) groups is 2. The number of benzene rings is 3. The zero-order valence-electron chi connectivity index (χ0n) is 24.7. The summed E-state index contributed by atoms with van der Waals surface area (Å²) in [4.78, 5) is 28.9. The third kappa shape index (κ3) is 8.00. The lowest BCUT2D eigenvalue weighted by Gasteiger charge is -2.33. The molecule has 0 heterocycles. The fourth-order valence-corrected chi connectivity index (χ4v) is 6.72. The lowest BCUT2D eigenvalue weighted by Crippen LogP contribution is -2.53. The summed E-state index contributed by atoms with van der Waals surface area (Å²) in [6, 6.07) is 18.9. The summed E-state index contributed by atoms with van der Waals surface area (Å²) < 4.78 is 39.8. The highest BCUT2D eigenvalue weighted by Gasteiger charge is 2.33. The summed E-state index contributed by atoms with van der Waals surface area (Å²) in [5.41, 5.74) is 1.06. The van der Waals surface area contributed by atoms with Crippen molar-refractivity contribution in [2.24, 2.45) is 0 Å². The Kier molecular flexibility index (Phi) is 10.9. The number of nitrogens with one attached hydrogen (secondary N) is 1. The van der Waals surface area contributed by atoms with E-state index in [0.717, 1.165) is 42.0 Å². The second-order valence-electron chi connectivity index (χ2n) is 10.5. The molecule has 1 fully saturated rings. The van der Waals surface area contributed by atoms with Crippen molar-refractivity contribution in [2.45, 2.75) is 62.6 Å². The summed E-state index contributed by atoms with van der Waals surface area (Å²) in [5, 5.41) is 3.64. The molecule has 0 aliphatic heterocycles. The highest BCUT2D eigenvalue weighted by molar-refractivity contribution is 7.92. The first-order chi connectivity index (χ1) is 20.6. The van der Waals surface area contributed by atoms with E-state index in [2.05, 4.69) is 5.32 Å². The number of para-hydroxylation sites is 1. The average Bonchev–Trinajstić information content (AvgIpc) is 3.03. The van der Waals surface area contributed by atoms with Crippen LogP contribution in [0.5, 0.6) is 11.5 Å². The maximum absolute atomic E-state index is 14.1. The van der Waals surface area contributed by atoms with Crippen molar-refractivity contribution in [2.75, 3.05) is 25.1 Å². The molecule has 1 aliphatic carbocycles. The highest BCUT2D eigenvalue weighted by Crippen LogP contribution is 2.32. The topological polar surface area (TPSA) is 105 Å². The molecule has 4 rings (SSSR count). The molecule has 43 heavy (non-hydrogen) atoms. The van der Waals surface area contributed by atoms with E-state index in [0.29, 0.717) is 16.5 Å². The Labute approximate surface area is 258 Å². The lowest BCUT2D eigenvalue weighted by atomic mass is 9.95. The molecule has 1 atom stereocenters. The minimum Gasteiger partial charge on any atom is -0.493 e. The zero-order valence-corrected chi connectivity index (χ0v) is 26.2. The Hall–Kier alpha value is -3.76. The van der Waals surface area contributed by atoms with Gasteiger partial charge >= 0.3 is 0 Å². The number of halogens is 1. The van der Waals surface area contributed by atoms with Crippen LogP contribution in [0.15, 0.2) is 77.7 Å². The van der Waals surface area contributed by atoms with Crippen LogP contribution < -0.4 is 19.1 Å². The molecule has 1 saturated carbocycles. The standard InChI is InChI=1S/C32H38ClN3O6S/c1-23(32(38)34-26-10-6-4-7-11-26)35(21-24-14-16-25(33)17-15-24)31(37)22-36(27-12-8-5-9-13-27)43(39,40)28-18-19-29(41-2)30(20-28)42-3/h5,8-9,12-20,23,26H,4,6-7,10-11,21-22H2,1-3H3,(H,34,38)/t23-/m0/s1. The number of hydrogen-bond acceptors (Lipinski definition) is 6. The number of sulfonamides is 1. The largest absolute Gasteiger partial charge is 0.493 e. The predicted molar refractivity (Wildman–Crippen MR) is 167 cm³/mol. The van der Waals surface area contributed by atoms with Gasteiger partial charge in [-0.1, -0.05) is 61.2 Å². The van der Waals surface area contributed by atoms with E-state index in [9.17, 15) is 18.0 Å². The van der Waals surface area contributed by atoms with Crippen molar-refractivity contribution in [1.29, 1.82) is 0 Å². The Morgan fingerprint density at radius 1 is 0.930 bits per heavy atom. The first-order valence-electron chi connectivity index (χ1n) is 14.3. The van der Waals surface area contributed by atoms with E-state index in [1.165, 1.54) is 37.3 Å². The van der Waals surface area contributed by atoms with Gasteiger partial charge in [-0.25, -0.2) is 8.42 Å². The minimum atomic E-state index is -4.26. The smallest absolute Gasteiger partial charge is 0.264 e. The number of anilines is 1. The summed E-state index contributed by atoms with van der Waals surface area (Å²) in [6.07, 6.45) is 5.04. The van der Waals surface area contributed by atoms with Gasteiger partial charge in [0.1, 0.15) is 12.6 Å². The van der Waals surface area contributed by atoms with Crippen LogP contribution in [-0.4, -0.2) is 58.0 Å². The number of ether oxygens (including phenoxy) is 2. The second-order valence-corrected chi connectivity index (χ2v) is 12.8. The highest BCUT2D eigenvalue weighted by atomic mass is 35.5. The maximum Gasteiger partial charge on any atom is 0.264 e. The van der Waals surface area contributed by atoms with E-state index in [1.807, 2.05) is 0 Å². The van der Waals surface area contributed by atoms with Crippen molar-refractivity contribution in [1.82, 2.24) is 10.2 Å². The molecule has 0 aromatic heterocycles. The summed E-state index contributed by atoms with van der Waals surface area (Å²) in [6.45, 7) is 1.23. The molecule has 0 unspecified atom stereocenters. The van der Waals surface area contributed by atoms with Crippen LogP contribution in [0.3, 0.4) is 0 Å². The van der Waals surface area contributed by atoms with Crippen molar-refractivity contribution in [3.8, 4) is 11.5 Å². The van der Waals surface area contributed by atoms with E-state index < -0.39 is 28.5 Å². The molecule has 11 heteroatoms. The number of methoxy groups -OCH3 is 2. The first kappa shape index (κ1) is 32.2. The van der Waals surface area contributed by atoms with E-state index in [4.69, 9.17) is 21.1 Å². The van der Waals surface area contributed by atoms with E-state index in [1.54, 1.807) is 61.5 Å². The van der Waals surface area contributed by atoms with Crippen molar-refractivity contribution < 1.29 is 27.5 Å². The van der Waals surface area contributed by atoms with Gasteiger partial charge in [-0.2, -0.15) is 0 Å². The van der Waals surface area contributed by atoms with Crippen molar-refractivity contribution in [3.63, 3.8) is 0 Å². The van der Waals surface area contributed by atoms with Crippen LogP contribution in [0.25, 0.3) is 0 Å². The molecule has 230 valence electrons. The molecule has 1 N–H and O–H groups in total. The molecule has 0 radical (unpaired) electrons. The third-order valence-corrected chi connectivity index (χ3v) is 9.67. The molecule has 0 saturated heterocycles. The molecule has 3 aromatic rings. The Balaban J connectivity index is 1.68. The fourth-order valence-electron chi connectivity index (χ4n) is 5.17. The van der Waals surface area contributed by atoms with Crippen LogP contribution in [0, 0.1) is 0 Å². The van der Waals surface area contributed by atoms with Crippen LogP contribution in [-0.2, 0) is 26.2 Å². The zero-order chi connectivity index (χ0) is 31.0. The number of nitrogens with zero attached hydrogens (tertiary/aromatic N) is 2. The minimum absolute atomic E-state index is 0.0578. The van der Waals surface area contributed by atoms with Gasteiger partial charge in [0.15, 0.2) is 11.5 Å². The molecule has 3 aromatic carbocycles. The van der Waals surface area contributed by atoms with Crippen LogP contribution in [0.2, 0.25) is 5.02 Å². The molecule has 9 nitrogen and oxygen atoms in total. The fraction of sp³-hybridized carbons (Fsp3) is 0.375. The van der Waals surface area contributed by atoms with Gasteiger partial charge in [-0.05, 0) is 61.7 Å². The molecule has 0 spiro atoms. The van der Waals surface area contributed by atoms with Gasteiger partial charge in [0.05, 0.1) is 24.8 Å². The van der Waals surface area contributed by atoms with E-state index >= 15 is 0 Å². The summed E-state index contributed by atoms with van der Waals surface area (Å²) in [7, 11) is -1.38. The molecule has 0 bridgehead atoms. The predicted octanol–water partition coefficient (Wildman–Crippen LogP) is 5.42. The Bertz CT molecular complexity index is 1500. The molecular weight excluding hydrogens is 590 g/mol. The number of hydrogen-bond donors (Lipinski definition) is 1. The van der Waals surface area contributed by atoms with Gasteiger partial charge < -0.3 is 19.7 Å². The summed E-state index contributed by atoms with van der Waals surface area (Å²) >= 11 is 6.08. The normalized spacial score (nSPS) is 14.4. The number of carbonyl (C=O) groups excluding carboxylic acids is 2. The lowest BCUT2D eigenvalue weighted by molar-refractivity contribution is -0.139. The van der Waals surface area contributed by atoms with Crippen LogP contribution in [0.4, 0.5) is 5.69 Å². The summed E-state index contributed by atoms with van der Waals surface area (Å²) in [5.74, 6) is -0.201. The maximum atomic E-state index is 14.1. The average molecular weight is 628 g/mol. The van der Waals surface area contributed by atoms with Gasteiger partial charge in [0.25, 0.3) is 10.0 Å². The van der Waals surface area contributed by atoms with Gasteiger partial charge in [0.2, 0.25) is 11.8 Å². The quantitative estimate of drug-likeness (QED) is 0.288. The van der Waals surface area contributed by atoms with Gasteiger partial charge in [-0.15, -0.1) is 0 Å². The number of amides is 2.